The fraction of sp³-hybridized carbons (Fsp3) is 0.526. The zero-order chi connectivity index (χ0) is 16.5. The number of carbonyl (C=O) groups is 1. The summed E-state index contributed by atoms with van der Waals surface area (Å²) in [6.07, 6.45) is 8.93. The predicted octanol–water partition coefficient (Wildman–Crippen LogP) is 3.68. The molecular weight excluding hydrogens is 318 g/mol. The van der Waals surface area contributed by atoms with Crippen molar-refractivity contribution in [1.82, 2.24) is 14.9 Å². The van der Waals surface area contributed by atoms with E-state index in [1.807, 2.05) is 11.0 Å². The first kappa shape index (κ1) is 15.8. The molecule has 0 spiro atoms. The van der Waals surface area contributed by atoms with Gasteiger partial charge in [0.1, 0.15) is 6.33 Å². The summed E-state index contributed by atoms with van der Waals surface area (Å²) >= 11 is 1.72. The number of aromatic nitrogens is 2. The van der Waals surface area contributed by atoms with E-state index in [0.717, 1.165) is 55.3 Å². The molecule has 1 aliphatic carbocycles. The zero-order valence-electron chi connectivity index (χ0n) is 14.1. The predicted molar refractivity (Wildman–Crippen MR) is 95.4 cm³/mol. The summed E-state index contributed by atoms with van der Waals surface area (Å²) in [5.41, 5.74) is 2.52. The monoisotopic (exact) mass is 341 g/mol. The molecule has 0 unspecified atom stereocenters. The lowest BCUT2D eigenvalue weighted by Crippen LogP contribution is -2.37. The first-order valence-corrected chi connectivity index (χ1v) is 9.69. The first-order valence-electron chi connectivity index (χ1n) is 8.87. The Kier molecular flexibility index (Phi) is 4.35. The van der Waals surface area contributed by atoms with Crippen LogP contribution in [0, 0.1) is 5.92 Å². The molecule has 1 fully saturated rings. The normalized spacial score (nSPS) is 21.5. The Balaban J connectivity index is 1.42. The molecule has 3 heterocycles. The van der Waals surface area contributed by atoms with Crippen LogP contribution in [0.2, 0.25) is 0 Å². The molecule has 1 saturated heterocycles. The fourth-order valence-corrected chi connectivity index (χ4v) is 5.06. The molecule has 126 valence electrons. The highest BCUT2D eigenvalue weighted by Gasteiger charge is 2.27. The number of fused-ring (bicyclic) bond motifs is 1. The standard InChI is InChI=1S/C19H23N3OS/c1-13-2-3-17-15(10-13)11-18(24-17)19(23)22-8-5-14(6-9-22)16-4-7-20-12-21-16/h4,7,11-14H,2-3,5-6,8-10H2,1H3/t13-/m1/s1. The van der Waals surface area contributed by atoms with Crippen LogP contribution in [0.4, 0.5) is 0 Å². The van der Waals surface area contributed by atoms with Gasteiger partial charge in [-0.05, 0) is 55.7 Å². The number of likely N-dealkylation sites (tertiary alicyclic amines) is 1. The van der Waals surface area contributed by atoms with Crippen molar-refractivity contribution in [2.45, 2.75) is 44.9 Å². The van der Waals surface area contributed by atoms with Gasteiger partial charge in [0.25, 0.3) is 5.91 Å². The van der Waals surface area contributed by atoms with Crippen LogP contribution >= 0.6 is 11.3 Å². The highest BCUT2D eigenvalue weighted by molar-refractivity contribution is 7.14. The maximum Gasteiger partial charge on any atom is 0.263 e. The van der Waals surface area contributed by atoms with Crippen molar-refractivity contribution >= 4 is 17.2 Å². The van der Waals surface area contributed by atoms with E-state index in [0.29, 0.717) is 5.92 Å². The lowest BCUT2D eigenvalue weighted by molar-refractivity contribution is 0.0717. The summed E-state index contributed by atoms with van der Waals surface area (Å²) in [5, 5.41) is 0. The second-order valence-electron chi connectivity index (χ2n) is 7.11. The molecule has 24 heavy (non-hydrogen) atoms. The van der Waals surface area contributed by atoms with Crippen LogP contribution in [0.1, 0.15) is 57.9 Å². The summed E-state index contributed by atoms with van der Waals surface area (Å²) < 4.78 is 0. The van der Waals surface area contributed by atoms with E-state index in [1.165, 1.54) is 16.9 Å². The molecule has 0 aromatic carbocycles. The van der Waals surface area contributed by atoms with Crippen molar-refractivity contribution < 1.29 is 4.79 Å². The summed E-state index contributed by atoms with van der Waals surface area (Å²) in [6, 6.07) is 4.16. The second-order valence-corrected chi connectivity index (χ2v) is 8.24. The van der Waals surface area contributed by atoms with Crippen LogP contribution in [0.15, 0.2) is 24.7 Å². The molecule has 2 aromatic heterocycles. The van der Waals surface area contributed by atoms with Crippen molar-refractivity contribution in [3.63, 3.8) is 0 Å². The van der Waals surface area contributed by atoms with Crippen LogP contribution in [0.25, 0.3) is 0 Å². The first-order chi connectivity index (χ1) is 11.7. The number of piperidine rings is 1. The van der Waals surface area contributed by atoms with Crippen LogP contribution in [0.5, 0.6) is 0 Å². The minimum atomic E-state index is 0.225. The minimum Gasteiger partial charge on any atom is -0.338 e. The van der Waals surface area contributed by atoms with Gasteiger partial charge >= 0.3 is 0 Å². The van der Waals surface area contributed by atoms with Crippen LogP contribution < -0.4 is 0 Å². The maximum atomic E-state index is 12.9. The van der Waals surface area contributed by atoms with E-state index >= 15 is 0 Å². The molecule has 5 heteroatoms. The quantitative estimate of drug-likeness (QED) is 0.837. The number of aryl methyl sites for hydroxylation is 1. The van der Waals surface area contributed by atoms with Gasteiger partial charge in [-0.25, -0.2) is 9.97 Å². The van der Waals surface area contributed by atoms with Crippen molar-refractivity contribution in [2.75, 3.05) is 13.1 Å². The molecule has 1 aliphatic heterocycles. The SMILES string of the molecule is C[C@@H]1CCc2sc(C(=O)N3CCC(c4ccncn4)CC3)cc2C1. The number of carbonyl (C=O) groups excluding carboxylic acids is 1. The van der Waals surface area contributed by atoms with Gasteiger partial charge in [0.05, 0.1) is 4.88 Å². The van der Waals surface area contributed by atoms with Crippen molar-refractivity contribution in [2.24, 2.45) is 5.92 Å². The Hall–Kier alpha value is -1.75. The topological polar surface area (TPSA) is 46.1 Å². The summed E-state index contributed by atoms with van der Waals surface area (Å²) in [7, 11) is 0. The summed E-state index contributed by atoms with van der Waals surface area (Å²) in [4.78, 5) is 25.6. The Morgan fingerprint density at radius 3 is 2.88 bits per heavy atom. The van der Waals surface area contributed by atoms with Crippen LogP contribution in [-0.4, -0.2) is 33.9 Å². The van der Waals surface area contributed by atoms with E-state index in [1.54, 1.807) is 23.9 Å². The number of nitrogens with zero attached hydrogens (tertiary/aromatic N) is 3. The molecule has 2 aromatic rings. The number of amides is 1. The average molecular weight is 341 g/mol. The summed E-state index contributed by atoms with van der Waals surface area (Å²) in [6.45, 7) is 3.96. The third kappa shape index (κ3) is 3.09. The van der Waals surface area contributed by atoms with E-state index in [2.05, 4.69) is 23.0 Å². The van der Waals surface area contributed by atoms with Gasteiger partial charge in [-0.2, -0.15) is 0 Å². The third-order valence-electron chi connectivity index (χ3n) is 5.35. The van der Waals surface area contributed by atoms with Crippen LogP contribution in [0.3, 0.4) is 0 Å². The number of rotatable bonds is 2. The Morgan fingerprint density at radius 1 is 1.29 bits per heavy atom. The van der Waals surface area contributed by atoms with Gasteiger partial charge in [0.15, 0.2) is 0 Å². The minimum absolute atomic E-state index is 0.225. The lowest BCUT2D eigenvalue weighted by Gasteiger charge is -2.31. The van der Waals surface area contributed by atoms with E-state index in [-0.39, 0.29) is 5.91 Å². The highest BCUT2D eigenvalue weighted by Crippen LogP contribution is 2.34. The molecular formula is C19H23N3OS. The Morgan fingerprint density at radius 2 is 2.12 bits per heavy atom. The average Bonchev–Trinajstić information content (AvgIpc) is 3.05. The maximum absolute atomic E-state index is 12.9. The van der Waals surface area contributed by atoms with Crippen LogP contribution in [-0.2, 0) is 12.8 Å². The number of thiophene rings is 1. The number of hydrogen-bond acceptors (Lipinski definition) is 4. The summed E-state index contributed by atoms with van der Waals surface area (Å²) in [5.74, 6) is 1.43. The highest BCUT2D eigenvalue weighted by atomic mass is 32.1. The van der Waals surface area contributed by atoms with Gasteiger partial charge in [0, 0.05) is 35.8 Å². The van der Waals surface area contributed by atoms with E-state index < -0.39 is 0 Å². The van der Waals surface area contributed by atoms with Gasteiger partial charge in [-0.15, -0.1) is 11.3 Å². The molecule has 0 radical (unpaired) electrons. The van der Waals surface area contributed by atoms with E-state index in [9.17, 15) is 4.79 Å². The van der Waals surface area contributed by atoms with E-state index in [4.69, 9.17) is 0 Å². The fourth-order valence-electron chi connectivity index (χ4n) is 3.89. The van der Waals surface area contributed by atoms with Gasteiger partial charge < -0.3 is 4.90 Å². The third-order valence-corrected chi connectivity index (χ3v) is 6.57. The molecule has 1 amide bonds. The molecule has 0 saturated carbocycles. The largest absolute Gasteiger partial charge is 0.338 e. The van der Waals surface area contributed by atoms with Gasteiger partial charge in [0.2, 0.25) is 0 Å². The van der Waals surface area contributed by atoms with Gasteiger partial charge in [-0.3, -0.25) is 4.79 Å². The Bertz CT molecular complexity index is 719. The van der Waals surface area contributed by atoms with Crippen molar-refractivity contribution in [1.29, 1.82) is 0 Å². The number of hydrogen-bond donors (Lipinski definition) is 0. The second kappa shape index (κ2) is 6.63. The smallest absolute Gasteiger partial charge is 0.263 e. The molecule has 4 nitrogen and oxygen atoms in total. The molecule has 0 N–H and O–H groups in total. The van der Waals surface area contributed by atoms with Crippen molar-refractivity contribution in [3.8, 4) is 0 Å². The Labute approximate surface area is 146 Å². The molecule has 2 aliphatic rings. The van der Waals surface area contributed by atoms with Gasteiger partial charge in [-0.1, -0.05) is 6.92 Å². The molecule has 0 bridgehead atoms. The molecule has 1 atom stereocenters. The molecule has 4 rings (SSSR count). The van der Waals surface area contributed by atoms with Crippen molar-refractivity contribution in [3.05, 3.63) is 45.7 Å². The lowest BCUT2D eigenvalue weighted by atomic mass is 9.90. The zero-order valence-corrected chi connectivity index (χ0v) is 14.9.